The van der Waals surface area contributed by atoms with Crippen molar-refractivity contribution in [1.29, 1.82) is 0 Å². The maximum absolute atomic E-state index is 10.1. The van der Waals surface area contributed by atoms with Crippen molar-refractivity contribution in [3.8, 4) is 0 Å². The molecule has 0 aromatic rings. The quantitative estimate of drug-likeness (QED) is 0.525. The van der Waals surface area contributed by atoms with Gasteiger partial charge in [-0.1, -0.05) is 0 Å². The van der Waals surface area contributed by atoms with E-state index in [1.165, 1.54) is 0 Å². The highest BCUT2D eigenvalue weighted by atomic mass is 32.2. The van der Waals surface area contributed by atoms with Gasteiger partial charge in [0.05, 0.1) is 0 Å². The van der Waals surface area contributed by atoms with Gasteiger partial charge in [0.1, 0.15) is 12.1 Å². The van der Waals surface area contributed by atoms with E-state index in [0.29, 0.717) is 5.75 Å². The minimum absolute atomic E-state index is 0.269. The standard InChI is InChI=1S/C5H9NO2.C4H7NO2S/c7-5(8)4-2-1-3-6-4;6-4(7)3-1-8-2-5-3/h4,6H,1-3H2,(H,7,8);3,5H,1-2H2,(H,6,7)/t4-;3-/m00/s1. The van der Waals surface area contributed by atoms with Crippen molar-refractivity contribution >= 4 is 23.7 Å². The lowest BCUT2D eigenvalue weighted by Crippen LogP contribution is -2.32. The van der Waals surface area contributed by atoms with Crippen LogP contribution in [0.2, 0.25) is 0 Å². The van der Waals surface area contributed by atoms with Gasteiger partial charge in [0.25, 0.3) is 0 Å². The van der Waals surface area contributed by atoms with E-state index in [2.05, 4.69) is 10.6 Å². The van der Waals surface area contributed by atoms with Crippen LogP contribution in [0.4, 0.5) is 0 Å². The maximum Gasteiger partial charge on any atom is 0.321 e. The monoisotopic (exact) mass is 248 g/mol. The molecule has 0 spiro atoms. The predicted octanol–water partition coefficient (Wildman–Crippen LogP) is -0.443. The molecule has 7 heteroatoms. The van der Waals surface area contributed by atoms with Gasteiger partial charge in [-0.25, -0.2) is 0 Å². The van der Waals surface area contributed by atoms with Crippen molar-refractivity contribution in [2.75, 3.05) is 18.2 Å². The van der Waals surface area contributed by atoms with Crippen LogP contribution in [0.25, 0.3) is 0 Å². The molecule has 6 nitrogen and oxygen atoms in total. The number of carbonyl (C=O) groups is 2. The fourth-order valence-electron chi connectivity index (χ4n) is 1.45. The fraction of sp³-hybridized carbons (Fsp3) is 0.778. The zero-order valence-electron chi connectivity index (χ0n) is 8.81. The Morgan fingerprint density at radius 3 is 2.06 bits per heavy atom. The highest BCUT2D eigenvalue weighted by Crippen LogP contribution is 2.08. The average molecular weight is 248 g/mol. The third kappa shape index (κ3) is 4.38. The molecule has 2 aliphatic heterocycles. The lowest BCUT2D eigenvalue weighted by atomic mass is 10.2. The van der Waals surface area contributed by atoms with Crippen molar-refractivity contribution in [2.45, 2.75) is 24.9 Å². The van der Waals surface area contributed by atoms with E-state index in [9.17, 15) is 9.59 Å². The Balaban J connectivity index is 0.000000160. The Morgan fingerprint density at radius 1 is 1.12 bits per heavy atom. The second kappa shape index (κ2) is 6.72. The van der Waals surface area contributed by atoms with Crippen LogP contribution in [0.5, 0.6) is 0 Å². The van der Waals surface area contributed by atoms with Gasteiger partial charge >= 0.3 is 11.9 Å². The van der Waals surface area contributed by atoms with Crippen LogP contribution < -0.4 is 10.6 Å². The first kappa shape index (κ1) is 13.3. The van der Waals surface area contributed by atoms with Crippen LogP contribution in [0.3, 0.4) is 0 Å². The summed E-state index contributed by atoms with van der Waals surface area (Å²) in [6.07, 6.45) is 1.78. The van der Waals surface area contributed by atoms with Gasteiger partial charge in [-0.15, -0.1) is 11.8 Å². The van der Waals surface area contributed by atoms with Crippen molar-refractivity contribution in [3.05, 3.63) is 0 Å². The molecule has 0 radical (unpaired) electrons. The highest BCUT2D eigenvalue weighted by Gasteiger charge is 2.21. The molecule has 4 N–H and O–H groups in total. The first-order valence-electron chi connectivity index (χ1n) is 5.11. The van der Waals surface area contributed by atoms with Crippen LogP contribution in [0.15, 0.2) is 0 Å². The van der Waals surface area contributed by atoms with E-state index < -0.39 is 11.9 Å². The lowest BCUT2D eigenvalue weighted by Gasteiger charge is -1.99. The summed E-state index contributed by atoms with van der Waals surface area (Å²) < 4.78 is 0. The molecule has 0 aromatic heterocycles. The van der Waals surface area contributed by atoms with Crippen LogP contribution >= 0.6 is 11.8 Å². The zero-order valence-corrected chi connectivity index (χ0v) is 9.63. The molecule has 92 valence electrons. The second-order valence-corrected chi connectivity index (χ2v) is 4.63. The smallest absolute Gasteiger partial charge is 0.321 e. The summed E-state index contributed by atoms with van der Waals surface area (Å²) in [5, 5.41) is 22.4. The molecule has 0 aliphatic carbocycles. The Hall–Kier alpha value is -0.790. The minimum atomic E-state index is -0.741. The third-order valence-electron chi connectivity index (χ3n) is 2.37. The number of carboxylic acid groups (broad SMARTS) is 2. The average Bonchev–Trinajstić information content (AvgIpc) is 2.93. The Labute approximate surface area is 97.8 Å². The Kier molecular flexibility index (Phi) is 5.58. The van der Waals surface area contributed by atoms with E-state index in [4.69, 9.17) is 10.2 Å². The molecule has 0 unspecified atom stereocenters. The normalized spacial score (nSPS) is 28.2. The minimum Gasteiger partial charge on any atom is -0.480 e. The molecule has 2 atom stereocenters. The van der Waals surface area contributed by atoms with Crippen molar-refractivity contribution < 1.29 is 19.8 Å². The molecule has 0 saturated carbocycles. The van der Waals surface area contributed by atoms with E-state index in [-0.39, 0.29) is 12.1 Å². The topological polar surface area (TPSA) is 98.7 Å². The number of carboxylic acids is 2. The lowest BCUT2D eigenvalue weighted by molar-refractivity contribution is -0.139. The van der Waals surface area contributed by atoms with E-state index in [0.717, 1.165) is 25.3 Å². The zero-order chi connectivity index (χ0) is 12.0. The molecule has 2 aliphatic rings. The molecular weight excluding hydrogens is 232 g/mol. The molecule has 2 heterocycles. The SMILES string of the molecule is O=C(O)[C@@H]1CCCN1.O=C(O)[C@@H]1CSCN1. The summed E-state index contributed by atoms with van der Waals surface area (Å²) in [5.41, 5.74) is 0. The largest absolute Gasteiger partial charge is 0.480 e. The van der Waals surface area contributed by atoms with Crippen molar-refractivity contribution in [2.24, 2.45) is 0 Å². The first-order chi connectivity index (χ1) is 7.61. The van der Waals surface area contributed by atoms with E-state index in [1.807, 2.05) is 0 Å². The Morgan fingerprint density at radius 2 is 1.81 bits per heavy atom. The molecule has 2 rings (SSSR count). The number of nitrogens with one attached hydrogen (secondary N) is 2. The number of hydrogen-bond acceptors (Lipinski definition) is 5. The van der Waals surface area contributed by atoms with Crippen LogP contribution in [-0.4, -0.2) is 52.4 Å². The third-order valence-corrected chi connectivity index (χ3v) is 3.31. The van der Waals surface area contributed by atoms with Gasteiger partial charge in [0.15, 0.2) is 0 Å². The van der Waals surface area contributed by atoms with Gasteiger partial charge in [-0.3, -0.25) is 14.9 Å². The summed E-state index contributed by atoms with van der Waals surface area (Å²) in [6.45, 7) is 0.858. The second-order valence-electron chi connectivity index (χ2n) is 3.60. The van der Waals surface area contributed by atoms with Crippen molar-refractivity contribution in [1.82, 2.24) is 10.6 Å². The fourth-order valence-corrected chi connectivity index (χ4v) is 2.38. The van der Waals surface area contributed by atoms with Crippen LogP contribution in [0, 0.1) is 0 Å². The molecular formula is C9H16N2O4S. The molecule has 2 fully saturated rings. The van der Waals surface area contributed by atoms with Crippen LogP contribution in [-0.2, 0) is 9.59 Å². The summed E-state index contributed by atoms with van der Waals surface area (Å²) in [4.78, 5) is 20.3. The van der Waals surface area contributed by atoms with Gasteiger partial charge in [-0.05, 0) is 19.4 Å². The summed E-state index contributed by atoms with van der Waals surface area (Å²) in [5.74, 6) is 0.0178. The van der Waals surface area contributed by atoms with Crippen LogP contribution in [0.1, 0.15) is 12.8 Å². The molecule has 0 amide bonds. The summed E-state index contributed by atoms with van der Waals surface area (Å²) >= 11 is 1.62. The van der Waals surface area contributed by atoms with Gasteiger partial charge in [0.2, 0.25) is 0 Å². The molecule has 0 bridgehead atoms. The van der Waals surface area contributed by atoms with Crippen molar-refractivity contribution in [3.63, 3.8) is 0 Å². The number of aliphatic carboxylic acids is 2. The molecule has 0 aromatic carbocycles. The first-order valence-corrected chi connectivity index (χ1v) is 6.27. The predicted molar refractivity (Wildman–Crippen MR) is 60.5 cm³/mol. The molecule has 2 saturated heterocycles. The summed E-state index contributed by atoms with van der Waals surface area (Å²) in [6, 6.07) is -0.574. The van der Waals surface area contributed by atoms with E-state index in [1.54, 1.807) is 11.8 Å². The number of hydrogen-bond donors (Lipinski definition) is 4. The Bertz CT molecular complexity index is 224. The van der Waals surface area contributed by atoms with E-state index >= 15 is 0 Å². The van der Waals surface area contributed by atoms with Gasteiger partial charge in [0, 0.05) is 11.6 Å². The maximum atomic E-state index is 10.1. The number of thioether (sulfide) groups is 1. The molecule has 16 heavy (non-hydrogen) atoms. The van der Waals surface area contributed by atoms with Gasteiger partial charge < -0.3 is 15.5 Å². The van der Waals surface area contributed by atoms with Gasteiger partial charge in [-0.2, -0.15) is 0 Å². The number of rotatable bonds is 2. The summed E-state index contributed by atoms with van der Waals surface area (Å²) in [7, 11) is 0. The highest BCUT2D eigenvalue weighted by molar-refractivity contribution is 7.99.